The average molecular weight is 215 g/mol. The van der Waals surface area contributed by atoms with E-state index in [-0.39, 0.29) is 5.78 Å². The number of aryl methyl sites for hydroxylation is 2. The maximum atomic E-state index is 11.7. The Morgan fingerprint density at radius 2 is 2.12 bits per heavy atom. The molecular weight excluding hydrogens is 198 g/mol. The summed E-state index contributed by atoms with van der Waals surface area (Å²) in [5.41, 5.74) is 2.41. The van der Waals surface area contributed by atoms with Gasteiger partial charge in [0.05, 0.1) is 6.07 Å². The fraction of sp³-hybridized carbons (Fsp3) is 0.429. The highest BCUT2D eigenvalue weighted by atomic mass is 16.1. The van der Waals surface area contributed by atoms with Gasteiger partial charge in [0, 0.05) is 6.42 Å². The van der Waals surface area contributed by atoms with Crippen molar-refractivity contribution in [2.75, 3.05) is 0 Å². The number of nitrogens with zero attached hydrogens (tertiary/aromatic N) is 1. The van der Waals surface area contributed by atoms with Crippen LogP contribution < -0.4 is 0 Å². The van der Waals surface area contributed by atoms with Gasteiger partial charge in [0.15, 0.2) is 0 Å². The molecule has 0 N–H and O–H groups in total. The normalized spacial score (nSPS) is 11.8. The summed E-state index contributed by atoms with van der Waals surface area (Å²) in [5.74, 6) is -0.364. The molecule has 1 atom stereocenters. The lowest BCUT2D eigenvalue weighted by Crippen LogP contribution is -2.12. The number of nitriles is 1. The van der Waals surface area contributed by atoms with Crippen LogP contribution in [0.2, 0.25) is 0 Å². The van der Waals surface area contributed by atoms with E-state index >= 15 is 0 Å². The Balaban J connectivity index is 2.56. The SMILES string of the molecule is CCC(C#N)C(=O)CCc1ccccc1C. The van der Waals surface area contributed by atoms with Gasteiger partial charge in [-0.15, -0.1) is 0 Å². The van der Waals surface area contributed by atoms with Crippen molar-refractivity contribution in [3.63, 3.8) is 0 Å². The molecule has 0 aliphatic rings. The van der Waals surface area contributed by atoms with Gasteiger partial charge in [0.25, 0.3) is 0 Å². The molecular formula is C14H17NO. The molecule has 16 heavy (non-hydrogen) atoms. The van der Waals surface area contributed by atoms with E-state index in [0.29, 0.717) is 12.8 Å². The Kier molecular flexibility index (Phi) is 4.72. The van der Waals surface area contributed by atoms with E-state index in [0.717, 1.165) is 6.42 Å². The molecule has 0 saturated heterocycles. The first kappa shape index (κ1) is 12.4. The van der Waals surface area contributed by atoms with E-state index in [2.05, 4.69) is 6.07 Å². The molecule has 0 aliphatic heterocycles. The van der Waals surface area contributed by atoms with Crippen LogP contribution in [0.1, 0.15) is 30.9 Å². The van der Waals surface area contributed by atoms with Crippen LogP contribution in [0.5, 0.6) is 0 Å². The summed E-state index contributed by atoms with van der Waals surface area (Å²) >= 11 is 0. The van der Waals surface area contributed by atoms with E-state index < -0.39 is 5.92 Å². The van der Waals surface area contributed by atoms with E-state index in [1.54, 1.807) is 0 Å². The van der Waals surface area contributed by atoms with Crippen molar-refractivity contribution in [1.82, 2.24) is 0 Å². The molecule has 0 spiro atoms. The summed E-state index contributed by atoms with van der Waals surface area (Å²) in [6.45, 7) is 3.92. The molecule has 0 aliphatic carbocycles. The van der Waals surface area contributed by atoms with Crippen molar-refractivity contribution in [1.29, 1.82) is 5.26 Å². The second-order valence-corrected chi connectivity index (χ2v) is 3.98. The zero-order valence-corrected chi connectivity index (χ0v) is 9.86. The summed E-state index contributed by atoms with van der Waals surface area (Å²) in [6.07, 6.45) is 1.82. The molecule has 1 rings (SSSR count). The van der Waals surface area contributed by atoms with Crippen LogP contribution in [0, 0.1) is 24.2 Å². The lowest BCUT2D eigenvalue weighted by Gasteiger charge is -2.07. The number of rotatable bonds is 5. The van der Waals surface area contributed by atoms with Crippen LogP contribution in [0.15, 0.2) is 24.3 Å². The smallest absolute Gasteiger partial charge is 0.150 e. The molecule has 1 unspecified atom stereocenters. The minimum absolute atomic E-state index is 0.0632. The second-order valence-electron chi connectivity index (χ2n) is 3.98. The van der Waals surface area contributed by atoms with Gasteiger partial charge in [-0.25, -0.2) is 0 Å². The van der Waals surface area contributed by atoms with Gasteiger partial charge in [0.2, 0.25) is 0 Å². The molecule has 2 heteroatoms. The lowest BCUT2D eigenvalue weighted by molar-refractivity contribution is -0.121. The molecule has 0 heterocycles. The number of carbonyl (C=O) groups is 1. The highest BCUT2D eigenvalue weighted by Crippen LogP contribution is 2.12. The largest absolute Gasteiger partial charge is 0.298 e. The number of carbonyl (C=O) groups excluding carboxylic acids is 1. The average Bonchev–Trinajstić information content (AvgIpc) is 2.29. The van der Waals surface area contributed by atoms with E-state index in [9.17, 15) is 4.79 Å². The van der Waals surface area contributed by atoms with Crippen molar-refractivity contribution in [3.05, 3.63) is 35.4 Å². The number of hydrogen-bond donors (Lipinski definition) is 0. The van der Waals surface area contributed by atoms with E-state index in [1.807, 2.05) is 38.1 Å². The third-order valence-electron chi connectivity index (χ3n) is 2.85. The van der Waals surface area contributed by atoms with Crippen LogP contribution in [-0.2, 0) is 11.2 Å². The molecule has 1 aromatic rings. The molecule has 0 radical (unpaired) electrons. The third-order valence-corrected chi connectivity index (χ3v) is 2.85. The van der Waals surface area contributed by atoms with Crippen LogP contribution in [0.25, 0.3) is 0 Å². The first-order chi connectivity index (χ1) is 7.69. The van der Waals surface area contributed by atoms with Crippen molar-refractivity contribution in [2.24, 2.45) is 5.92 Å². The zero-order valence-electron chi connectivity index (χ0n) is 9.86. The third kappa shape index (κ3) is 3.20. The first-order valence-electron chi connectivity index (χ1n) is 5.65. The summed E-state index contributed by atoms with van der Waals surface area (Å²) in [7, 11) is 0. The summed E-state index contributed by atoms with van der Waals surface area (Å²) in [4.78, 5) is 11.7. The lowest BCUT2D eigenvalue weighted by atomic mass is 9.96. The van der Waals surface area contributed by atoms with Gasteiger partial charge >= 0.3 is 0 Å². The molecule has 0 saturated carbocycles. The summed E-state index contributed by atoms with van der Waals surface area (Å²) in [5, 5.41) is 8.78. The zero-order chi connectivity index (χ0) is 12.0. The van der Waals surface area contributed by atoms with Crippen LogP contribution >= 0.6 is 0 Å². The van der Waals surface area contributed by atoms with E-state index in [1.165, 1.54) is 11.1 Å². The predicted octanol–water partition coefficient (Wildman–Crippen LogP) is 3.05. The van der Waals surface area contributed by atoms with Crippen LogP contribution in [0.4, 0.5) is 0 Å². The first-order valence-corrected chi connectivity index (χ1v) is 5.65. The Bertz CT molecular complexity index is 403. The van der Waals surface area contributed by atoms with Gasteiger partial charge in [-0.2, -0.15) is 5.26 Å². The quantitative estimate of drug-likeness (QED) is 0.757. The van der Waals surface area contributed by atoms with Gasteiger partial charge in [-0.1, -0.05) is 31.2 Å². The number of ketones is 1. The fourth-order valence-corrected chi connectivity index (χ4v) is 1.71. The minimum Gasteiger partial charge on any atom is -0.298 e. The van der Waals surface area contributed by atoms with Gasteiger partial charge in [0.1, 0.15) is 11.7 Å². The molecule has 1 aromatic carbocycles. The van der Waals surface area contributed by atoms with Crippen LogP contribution in [0.3, 0.4) is 0 Å². The topological polar surface area (TPSA) is 40.9 Å². The molecule has 84 valence electrons. The molecule has 0 bridgehead atoms. The van der Waals surface area contributed by atoms with E-state index in [4.69, 9.17) is 5.26 Å². The maximum absolute atomic E-state index is 11.7. The van der Waals surface area contributed by atoms with Crippen molar-refractivity contribution < 1.29 is 4.79 Å². The molecule has 0 amide bonds. The Hall–Kier alpha value is -1.62. The minimum atomic E-state index is -0.427. The van der Waals surface area contributed by atoms with Crippen molar-refractivity contribution in [3.8, 4) is 6.07 Å². The second kappa shape index (κ2) is 6.07. The van der Waals surface area contributed by atoms with Gasteiger partial charge in [-0.05, 0) is 30.9 Å². The summed E-state index contributed by atoms with van der Waals surface area (Å²) < 4.78 is 0. The Morgan fingerprint density at radius 3 is 2.69 bits per heavy atom. The number of benzene rings is 1. The highest BCUT2D eigenvalue weighted by molar-refractivity contribution is 5.83. The summed E-state index contributed by atoms with van der Waals surface area (Å²) in [6, 6.07) is 10.1. The van der Waals surface area contributed by atoms with Gasteiger partial charge < -0.3 is 0 Å². The Labute approximate surface area is 96.9 Å². The predicted molar refractivity (Wildman–Crippen MR) is 63.9 cm³/mol. The van der Waals surface area contributed by atoms with Crippen LogP contribution in [-0.4, -0.2) is 5.78 Å². The fourth-order valence-electron chi connectivity index (χ4n) is 1.71. The van der Waals surface area contributed by atoms with Gasteiger partial charge in [-0.3, -0.25) is 4.79 Å². The molecule has 2 nitrogen and oxygen atoms in total. The monoisotopic (exact) mass is 215 g/mol. The highest BCUT2D eigenvalue weighted by Gasteiger charge is 2.15. The maximum Gasteiger partial charge on any atom is 0.150 e. The Morgan fingerprint density at radius 1 is 1.44 bits per heavy atom. The number of hydrogen-bond acceptors (Lipinski definition) is 2. The molecule has 0 fully saturated rings. The molecule has 0 aromatic heterocycles. The standard InChI is InChI=1S/C14H17NO/c1-3-12(10-15)14(16)9-8-13-7-5-4-6-11(13)2/h4-7,12H,3,8-9H2,1-2H3. The number of Topliss-reactive ketones (excluding diaryl/α,β-unsaturated/α-hetero) is 1. The van der Waals surface area contributed by atoms with Crippen molar-refractivity contribution in [2.45, 2.75) is 33.1 Å². The van der Waals surface area contributed by atoms with Crippen molar-refractivity contribution >= 4 is 5.78 Å².